The van der Waals surface area contributed by atoms with Crippen molar-refractivity contribution in [3.05, 3.63) is 87.5 Å². The molecule has 0 radical (unpaired) electrons. The summed E-state index contributed by atoms with van der Waals surface area (Å²) in [6, 6.07) is 18.5. The van der Waals surface area contributed by atoms with Gasteiger partial charge in [0.2, 0.25) is 11.7 Å². The first-order valence-electron chi connectivity index (χ1n) is 8.21. The van der Waals surface area contributed by atoms with Crippen LogP contribution < -0.4 is 5.32 Å². The highest BCUT2D eigenvalue weighted by atomic mass is 127. The van der Waals surface area contributed by atoms with E-state index in [1.165, 1.54) is 0 Å². The molecule has 0 unspecified atom stereocenters. The van der Waals surface area contributed by atoms with Crippen molar-refractivity contribution in [1.29, 1.82) is 0 Å². The lowest BCUT2D eigenvalue weighted by Crippen LogP contribution is -2.14. The summed E-state index contributed by atoms with van der Waals surface area (Å²) in [4.78, 5) is 17.0. The van der Waals surface area contributed by atoms with Gasteiger partial charge >= 0.3 is 0 Å². The zero-order valence-electron chi connectivity index (χ0n) is 14.1. The molecule has 1 amide bonds. The molecule has 0 spiro atoms. The Labute approximate surface area is 168 Å². The Morgan fingerprint density at radius 2 is 1.85 bits per heavy atom. The van der Waals surface area contributed by atoms with Crippen molar-refractivity contribution in [3.8, 4) is 11.6 Å². The highest BCUT2D eigenvalue weighted by Crippen LogP contribution is 2.22. The fraction of sp³-hybridized carbons (Fsp3) is 0.0500. The molecule has 2 aromatic carbocycles. The zero-order chi connectivity index (χ0) is 18.6. The molecule has 6 nitrogen and oxygen atoms in total. The summed E-state index contributed by atoms with van der Waals surface area (Å²) < 4.78 is 11.5. The molecule has 1 N–H and O–H groups in total. The first kappa shape index (κ1) is 17.5. The Hall–Kier alpha value is -2.94. The maximum atomic E-state index is 12.6. The summed E-state index contributed by atoms with van der Waals surface area (Å²) in [5, 5.41) is 6.91. The van der Waals surface area contributed by atoms with Crippen molar-refractivity contribution in [3.63, 3.8) is 0 Å². The van der Waals surface area contributed by atoms with Crippen molar-refractivity contribution < 1.29 is 13.7 Å². The number of amides is 1. The molecule has 0 bridgehead atoms. The molecule has 0 saturated carbocycles. The second kappa shape index (κ2) is 7.75. The van der Waals surface area contributed by atoms with E-state index in [0.717, 1.165) is 9.13 Å². The Bertz CT molecular complexity index is 1070. The van der Waals surface area contributed by atoms with Gasteiger partial charge in [0.1, 0.15) is 0 Å². The summed E-state index contributed by atoms with van der Waals surface area (Å²) >= 11 is 2.15. The van der Waals surface area contributed by atoms with E-state index < -0.39 is 0 Å². The smallest absolute Gasteiger partial charge is 0.256 e. The van der Waals surface area contributed by atoms with Crippen molar-refractivity contribution in [2.45, 2.75) is 6.42 Å². The van der Waals surface area contributed by atoms with Gasteiger partial charge in [-0.3, -0.25) is 4.79 Å². The van der Waals surface area contributed by atoms with Crippen LogP contribution in [0.15, 0.2) is 75.9 Å². The average molecular weight is 471 g/mol. The van der Waals surface area contributed by atoms with Gasteiger partial charge in [0.15, 0.2) is 5.76 Å². The third-order valence-corrected chi connectivity index (χ3v) is 4.88. The first-order chi connectivity index (χ1) is 13.2. The lowest BCUT2D eigenvalue weighted by Gasteiger charge is -2.10. The Morgan fingerprint density at radius 3 is 2.67 bits per heavy atom. The van der Waals surface area contributed by atoms with Gasteiger partial charge in [-0.25, -0.2) is 0 Å². The average Bonchev–Trinajstić information content (AvgIpc) is 3.35. The number of rotatable bonds is 5. The van der Waals surface area contributed by atoms with Gasteiger partial charge in [-0.15, -0.1) is 0 Å². The van der Waals surface area contributed by atoms with Crippen LogP contribution in [-0.4, -0.2) is 16.0 Å². The standard InChI is InChI=1S/C20H14IN3O3/c21-15-8-3-2-7-14(15)20(25)22-16-9-4-1-6-13(16)12-18-23-19(24-27-18)17-10-5-11-26-17/h1-11H,12H2,(H,22,25). The number of carbonyl (C=O) groups excluding carboxylic acids is 1. The number of anilines is 1. The molecule has 4 aromatic rings. The van der Waals surface area contributed by atoms with Gasteiger partial charge in [-0.2, -0.15) is 4.98 Å². The lowest BCUT2D eigenvalue weighted by atomic mass is 10.1. The van der Waals surface area contributed by atoms with E-state index in [1.807, 2.05) is 42.5 Å². The molecular weight excluding hydrogens is 457 g/mol. The number of furan rings is 1. The molecule has 0 aliphatic carbocycles. The van der Waals surface area contributed by atoms with Crippen LogP contribution in [-0.2, 0) is 6.42 Å². The van der Waals surface area contributed by atoms with Crippen molar-refractivity contribution >= 4 is 34.2 Å². The van der Waals surface area contributed by atoms with Crippen LogP contribution >= 0.6 is 22.6 Å². The van der Waals surface area contributed by atoms with Crippen LogP contribution in [0.3, 0.4) is 0 Å². The van der Waals surface area contributed by atoms with Gasteiger partial charge in [0.05, 0.1) is 18.2 Å². The number of nitrogens with one attached hydrogen (secondary N) is 1. The largest absolute Gasteiger partial charge is 0.461 e. The number of para-hydroxylation sites is 1. The molecule has 0 aliphatic heterocycles. The predicted molar refractivity (Wildman–Crippen MR) is 108 cm³/mol. The third kappa shape index (κ3) is 3.92. The van der Waals surface area contributed by atoms with E-state index in [9.17, 15) is 4.79 Å². The molecule has 27 heavy (non-hydrogen) atoms. The minimum atomic E-state index is -0.158. The fourth-order valence-electron chi connectivity index (χ4n) is 2.63. The molecule has 0 fully saturated rings. The normalized spacial score (nSPS) is 10.7. The summed E-state index contributed by atoms with van der Waals surface area (Å²) in [5.74, 6) is 1.23. The molecule has 2 heterocycles. The monoisotopic (exact) mass is 471 g/mol. The van der Waals surface area contributed by atoms with Gasteiger partial charge in [-0.05, 0) is 58.5 Å². The van der Waals surface area contributed by atoms with Crippen LogP contribution in [0.2, 0.25) is 0 Å². The number of aromatic nitrogens is 2. The highest BCUT2D eigenvalue weighted by molar-refractivity contribution is 14.1. The lowest BCUT2D eigenvalue weighted by molar-refractivity contribution is 0.102. The topological polar surface area (TPSA) is 81.2 Å². The van der Waals surface area contributed by atoms with Crippen LogP contribution in [0.5, 0.6) is 0 Å². The number of benzene rings is 2. The van der Waals surface area contributed by atoms with E-state index in [4.69, 9.17) is 8.94 Å². The van der Waals surface area contributed by atoms with Gasteiger partial charge in [0.25, 0.3) is 5.91 Å². The first-order valence-corrected chi connectivity index (χ1v) is 9.29. The van der Waals surface area contributed by atoms with Crippen LogP contribution in [0, 0.1) is 3.57 Å². The molecule has 0 aliphatic rings. The summed E-state index contributed by atoms with van der Waals surface area (Å²) in [6.07, 6.45) is 1.96. The number of hydrogen-bond acceptors (Lipinski definition) is 5. The van der Waals surface area contributed by atoms with Crippen LogP contribution in [0.4, 0.5) is 5.69 Å². The van der Waals surface area contributed by atoms with E-state index in [-0.39, 0.29) is 5.91 Å². The minimum Gasteiger partial charge on any atom is -0.461 e. The van der Waals surface area contributed by atoms with Crippen LogP contribution in [0.1, 0.15) is 21.8 Å². The second-order valence-electron chi connectivity index (χ2n) is 5.76. The minimum absolute atomic E-state index is 0.158. The van der Waals surface area contributed by atoms with Gasteiger partial charge in [0, 0.05) is 9.26 Å². The molecule has 2 aromatic heterocycles. The van der Waals surface area contributed by atoms with E-state index in [1.54, 1.807) is 24.5 Å². The summed E-state index contributed by atoms with van der Waals surface area (Å²) in [7, 11) is 0. The van der Waals surface area contributed by atoms with E-state index in [2.05, 4.69) is 38.0 Å². The second-order valence-corrected chi connectivity index (χ2v) is 6.92. The van der Waals surface area contributed by atoms with Crippen molar-refractivity contribution in [2.24, 2.45) is 0 Å². The Morgan fingerprint density at radius 1 is 1.04 bits per heavy atom. The number of carbonyl (C=O) groups is 1. The Balaban J connectivity index is 1.55. The fourth-order valence-corrected chi connectivity index (χ4v) is 3.26. The number of hydrogen-bond donors (Lipinski definition) is 1. The molecule has 134 valence electrons. The molecule has 4 rings (SSSR count). The van der Waals surface area contributed by atoms with Crippen molar-refractivity contribution in [1.82, 2.24) is 10.1 Å². The van der Waals surface area contributed by atoms with Gasteiger partial charge in [-0.1, -0.05) is 35.5 Å². The van der Waals surface area contributed by atoms with Crippen molar-refractivity contribution in [2.75, 3.05) is 5.32 Å². The quantitative estimate of drug-likeness (QED) is 0.424. The predicted octanol–water partition coefficient (Wildman–Crippen LogP) is 4.78. The van der Waals surface area contributed by atoms with Crippen LogP contribution in [0.25, 0.3) is 11.6 Å². The number of halogens is 1. The maximum Gasteiger partial charge on any atom is 0.256 e. The number of nitrogens with zero attached hydrogens (tertiary/aromatic N) is 2. The summed E-state index contributed by atoms with van der Waals surface area (Å²) in [5.41, 5.74) is 2.22. The van der Waals surface area contributed by atoms with E-state index in [0.29, 0.717) is 35.1 Å². The zero-order valence-corrected chi connectivity index (χ0v) is 16.2. The van der Waals surface area contributed by atoms with Gasteiger partial charge < -0.3 is 14.3 Å². The maximum absolute atomic E-state index is 12.6. The molecule has 0 saturated heterocycles. The third-order valence-electron chi connectivity index (χ3n) is 3.94. The SMILES string of the molecule is O=C(Nc1ccccc1Cc1nc(-c2ccco2)no1)c1ccccc1I. The summed E-state index contributed by atoms with van der Waals surface area (Å²) in [6.45, 7) is 0. The molecule has 0 atom stereocenters. The van der Waals surface area contributed by atoms with E-state index >= 15 is 0 Å². The molecule has 7 heteroatoms. The Kier molecular flexibility index (Phi) is 5.01. The highest BCUT2D eigenvalue weighted by Gasteiger charge is 2.15. The molecular formula is C20H14IN3O3.